The Morgan fingerprint density at radius 2 is 1.72 bits per heavy atom. The third kappa shape index (κ3) is 4.73. The third-order valence-corrected chi connectivity index (χ3v) is 2.84. The van der Waals surface area contributed by atoms with E-state index in [-0.39, 0.29) is 0 Å². The van der Waals surface area contributed by atoms with Gasteiger partial charge in [0.05, 0.1) is 0 Å². The molecule has 98 valence electrons. The van der Waals surface area contributed by atoms with E-state index in [1.807, 2.05) is 12.1 Å². The minimum absolute atomic E-state index is 0.697. The molecule has 3 N–H and O–H groups in total. The molecular formula is C12H14ClNO4. The number of rotatable bonds is 1. The van der Waals surface area contributed by atoms with Gasteiger partial charge in [0.1, 0.15) is 0 Å². The second-order valence-electron chi connectivity index (χ2n) is 3.85. The Labute approximate surface area is 109 Å². The van der Waals surface area contributed by atoms with Gasteiger partial charge >= 0.3 is 11.9 Å². The minimum atomic E-state index is -1.82. The van der Waals surface area contributed by atoms with E-state index in [0.29, 0.717) is 5.92 Å². The summed E-state index contributed by atoms with van der Waals surface area (Å²) in [5.41, 5.74) is 1.41. The molecule has 1 aromatic rings. The van der Waals surface area contributed by atoms with Crippen LogP contribution < -0.4 is 5.32 Å². The quantitative estimate of drug-likeness (QED) is 0.675. The second-order valence-corrected chi connectivity index (χ2v) is 4.29. The van der Waals surface area contributed by atoms with Crippen LogP contribution in [0.1, 0.15) is 17.9 Å². The Kier molecular flexibility index (Phi) is 5.61. The fraction of sp³-hybridized carbons (Fsp3) is 0.333. The molecule has 0 bridgehead atoms. The fourth-order valence-electron chi connectivity index (χ4n) is 1.67. The Morgan fingerprint density at radius 3 is 2.11 bits per heavy atom. The molecule has 0 radical (unpaired) electrons. The summed E-state index contributed by atoms with van der Waals surface area (Å²) in [6.45, 7) is 2.26. The molecule has 18 heavy (non-hydrogen) atoms. The van der Waals surface area contributed by atoms with Gasteiger partial charge in [0.25, 0.3) is 0 Å². The van der Waals surface area contributed by atoms with Gasteiger partial charge in [-0.3, -0.25) is 0 Å². The predicted molar refractivity (Wildman–Crippen MR) is 67.0 cm³/mol. The van der Waals surface area contributed by atoms with Gasteiger partial charge < -0.3 is 15.5 Å². The molecule has 1 aliphatic heterocycles. The van der Waals surface area contributed by atoms with Crippen LogP contribution in [0.15, 0.2) is 24.3 Å². The first-order chi connectivity index (χ1) is 8.50. The molecule has 5 nitrogen and oxygen atoms in total. The maximum absolute atomic E-state index is 9.10. The molecule has 0 spiro atoms. The van der Waals surface area contributed by atoms with Gasteiger partial charge in [0, 0.05) is 11.6 Å². The van der Waals surface area contributed by atoms with Crippen LogP contribution in [0.2, 0.25) is 5.02 Å². The molecule has 0 saturated carbocycles. The maximum atomic E-state index is 9.10. The Morgan fingerprint density at radius 1 is 1.17 bits per heavy atom. The molecule has 1 aromatic carbocycles. The standard InChI is InChI=1S/C10H12ClN.C2H2O4/c11-10-3-1-8(2-4-10)9-5-6-12-7-9;3-1(4)2(5)6/h1-4,9,12H,5-7H2;(H,3,4)(H,5,6). The second kappa shape index (κ2) is 6.98. The van der Waals surface area contributed by atoms with Crippen molar-refractivity contribution in [3.63, 3.8) is 0 Å². The number of hydrogen-bond acceptors (Lipinski definition) is 3. The highest BCUT2D eigenvalue weighted by atomic mass is 35.5. The van der Waals surface area contributed by atoms with Crippen LogP contribution in [-0.4, -0.2) is 35.2 Å². The van der Waals surface area contributed by atoms with Gasteiger partial charge in [-0.05, 0) is 36.6 Å². The summed E-state index contributed by atoms with van der Waals surface area (Å²) in [5.74, 6) is -2.95. The van der Waals surface area contributed by atoms with E-state index in [1.54, 1.807) is 0 Å². The lowest BCUT2D eigenvalue weighted by Crippen LogP contribution is -2.09. The molecule has 1 saturated heterocycles. The van der Waals surface area contributed by atoms with Crippen molar-refractivity contribution in [1.82, 2.24) is 5.32 Å². The molecule has 0 aromatic heterocycles. The molecule has 1 fully saturated rings. The van der Waals surface area contributed by atoms with Crippen molar-refractivity contribution in [3.05, 3.63) is 34.9 Å². The lowest BCUT2D eigenvalue weighted by atomic mass is 9.99. The van der Waals surface area contributed by atoms with E-state index < -0.39 is 11.9 Å². The summed E-state index contributed by atoms with van der Waals surface area (Å²) in [4.78, 5) is 18.2. The number of carboxylic acid groups (broad SMARTS) is 2. The van der Waals surface area contributed by atoms with Crippen molar-refractivity contribution in [2.75, 3.05) is 13.1 Å². The molecule has 1 atom stereocenters. The van der Waals surface area contributed by atoms with Gasteiger partial charge in [-0.1, -0.05) is 23.7 Å². The summed E-state index contributed by atoms with van der Waals surface area (Å²) < 4.78 is 0. The SMILES string of the molecule is Clc1ccc(C2CCNC2)cc1.O=C(O)C(=O)O. The van der Waals surface area contributed by atoms with E-state index in [0.717, 1.165) is 18.1 Å². The zero-order valence-corrected chi connectivity index (χ0v) is 10.4. The summed E-state index contributed by atoms with van der Waals surface area (Å²) in [7, 11) is 0. The number of carbonyl (C=O) groups is 2. The van der Waals surface area contributed by atoms with Crippen LogP contribution in [0.3, 0.4) is 0 Å². The van der Waals surface area contributed by atoms with Crippen LogP contribution in [0.5, 0.6) is 0 Å². The number of aliphatic carboxylic acids is 2. The van der Waals surface area contributed by atoms with E-state index in [2.05, 4.69) is 17.4 Å². The average Bonchev–Trinajstić information content (AvgIpc) is 2.84. The highest BCUT2D eigenvalue weighted by molar-refractivity contribution is 6.30. The number of benzene rings is 1. The first-order valence-corrected chi connectivity index (χ1v) is 5.81. The van der Waals surface area contributed by atoms with Gasteiger partial charge in [0.2, 0.25) is 0 Å². The summed E-state index contributed by atoms with van der Waals surface area (Å²) >= 11 is 5.80. The Balaban J connectivity index is 0.000000232. The molecule has 6 heteroatoms. The van der Waals surface area contributed by atoms with Crippen LogP contribution >= 0.6 is 11.6 Å². The fourth-order valence-corrected chi connectivity index (χ4v) is 1.80. The maximum Gasteiger partial charge on any atom is 0.414 e. The lowest BCUT2D eigenvalue weighted by molar-refractivity contribution is -0.159. The van der Waals surface area contributed by atoms with E-state index >= 15 is 0 Å². The van der Waals surface area contributed by atoms with Gasteiger partial charge in [-0.15, -0.1) is 0 Å². The zero-order chi connectivity index (χ0) is 13.5. The average molecular weight is 272 g/mol. The number of halogens is 1. The van der Waals surface area contributed by atoms with Crippen LogP contribution in [0.25, 0.3) is 0 Å². The topological polar surface area (TPSA) is 86.6 Å². The predicted octanol–water partition coefficient (Wildman–Crippen LogP) is 1.57. The van der Waals surface area contributed by atoms with Crippen molar-refractivity contribution in [1.29, 1.82) is 0 Å². The van der Waals surface area contributed by atoms with Crippen molar-refractivity contribution < 1.29 is 19.8 Å². The Bertz CT molecular complexity index is 401. The molecular weight excluding hydrogens is 258 g/mol. The molecule has 2 rings (SSSR count). The molecule has 1 heterocycles. The molecule has 1 aliphatic rings. The van der Waals surface area contributed by atoms with E-state index in [1.165, 1.54) is 12.0 Å². The zero-order valence-electron chi connectivity index (χ0n) is 9.60. The minimum Gasteiger partial charge on any atom is -0.473 e. The smallest absolute Gasteiger partial charge is 0.414 e. The largest absolute Gasteiger partial charge is 0.473 e. The van der Waals surface area contributed by atoms with Crippen molar-refractivity contribution in [2.24, 2.45) is 0 Å². The van der Waals surface area contributed by atoms with E-state index in [9.17, 15) is 0 Å². The monoisotopic (exact) mass is 271 g/mol. The van der Waals surface area contributed by atoms with E-state index in [4.69, 9.17) is 31.4 Å². The van der Waals surface area contributed by atoms with Crippen LogP contribution in [-0.2, 0) is 9.59 Å². The van der Waals surface area contributed by atoms with Crippen molar-refractivity contribution in [3.8, 4) is 0 Å². The number of hydrogen-bond donors (Lipinski definition) is 3. The molecule has 0 amide bonds. The highest BCUT2D eigenvalue weighted by Crippen LogP contribution is 2.23. The van der Waals surface area contributed by atoms with Crippen molar-refractivity contribution in [2.45, 2.75) is 12.3 Å². The molecule has 1 unspecified atom stereocenters. The van der Waals surface area contributed by atoms with Crippen LogP contribution in [0.4, 0.5) is 0 Å². The third-order valence-electron chi connectivity index (χ3n) is 2.58. The molecule has 0 aliphatic carbocycles. The van der Waals surface area contributed by atoms with Crippen molar-refractivity contribution >= 4 is 23.5 Å². The number of carboxylic acids is 2. The first-order valence-electron chi connectivity index (χ1n) is 5.43. The van der Waals surface area contributed by atoms with Gasteiger partial charge in [-0.2, -0.15) is 0 Å². The first kappa shape index (κ1) is 14.5. The lowest BCUT2D eigenvalue weighted by Gasteiger charge is -2.07. The Hall–Kier alpha value is -1.59. The number of nitrogens with one attached hydrogen (secondary N) is 1. The normalized spacial score (nSPS) is 17.7. The van der Waals surface area contributed by atoms with Gasteiger partial charge in [-0.25, -0.2) is 9.59 Å². The highest BCUT2D eigenvalue weighted by Gasteiger charge is 2.15. The summed E-state index contributed by atoms with van der Waals surface area (Å²) in [5, 5.41) is 19.0. The summed E-state index contributed by atoms with van der Waals surface area (Å²) in [6.07, 6.45) is 1.25. The van der Waals surface area contributed by atoms with Gasteiger partial charge in [0.15, 0.2) is 0 Å². The van der Waals surface area contributed by atoms with Crippen LogP contribution in [0, 0.1) is 0 Å². The summed E-state index contributed by atoms with van der Waals surface area (Å²) in [6, 6.07) is 8.18.